The highest BCUT2D eigenvalue weighted by Crippen LogP contribution is 2.21. The molecule has 0 saturated carbocycles. The van der Waals surface area contributed by atoms with Crippen LogP contribution in [0.15, 0.2) is 60.7 Å². The molecule has 0 amide bonds. The minimum absolute atomic E-state index is 0.208. The van der Waals surface area contributed by atoms with Crippen LogP contribution in [-0.2, 0) is 0 Å². The molecule has 0 unspecified atom stereocenters. The van der Waals surface area contributed by atoms with E-state index in [4.69, 9.17) is 0 Å². The summed E-state index contributed by atoms with van der Waals surface area (Å²) < 4.78 is 0. The lowest BCUT2D eigenvalue weighted by atomic mass is 10.1. The fraction of sp³-hybridized carbons (Fsp3) is 0. The molecule has 2 aromatic carbocycles. The number of aromatic carboxylic acids is 1. The van der Waals surface area contributed by atoms with Gasteiger partial charge < -0.3 is 10.4 Å². The Labute approximate surface area is 115 Å². The second kappa shape index (κ2) is 5.01. The van der Waals surface area contributed by atoms with Crippen LogP contribution >= 0.6 is 0 Å². The SMILES string of the molecule is O=C(O)c1cccc2ccc(Nc3ccccc3)nc12. The van der Waals surface area contributed by atoms with Gasteiger partial charge in [-0.2, -0.15) is 0 Å². The maximum atomic E-state index is 11.2. The topological polar surface area (TPSA) is 62.2 Å². The number of carboxylic acids is 1. The molecule has 1 aromatic heterocycles. The molecule has 4 nitrogen and oxygen atoms in total. The van der Waals surface area contributed by atoms with Gasteiger partial charge in [-0.15, -0.1) is 0 Å². The van der Waals surface area contributed by atoms with Crippen molar-refractivity contribution in [3.8, 4) is 0 Å². The lowest BCUT2D eigenvalue weighted by Crippen LogP contribution is -2.00. The molecule has 0 fully saturated rings. The summed E-state index contributed by atoms with van der Waals surface area (Å²) in [4.78, 5) is 15.6. The third-order valence-electron chi connectivity index (χ3n) is 3.00. The number of carbonyl (C=O) groups is 1. The number of hydrogen-bond donors (Lipinski definition) is 2. The van der Waals surface area contributed by atoms with Gasteiger partial charge in [0.2, 0.25) is 0 Å². The molecule has 0 atom stereocenters. The number of para-hydroxylation sites is 2. The van der Waals surface area contributed by atoms with E-state index in [1.807, 2.05) is 48.5 Å². The van der Waals surface area contributed by atoms with E-state index < -0.39 is 5.97 Å². The van der Waals surface area contributed by atoms with Crippen molar-refractivity contribution >= 4 is 28.4 Å². The maximum absolute atomic E-state index is 11.2. The Kier molecular flexibility index (Phi) is 3.05. The zero-order valence-corrected chi connectivity index (χ0v) is 10.6. The van der Waals surface area contributed by atoms with Gasteiger partial charge in [-0.05, 0) is 30.3 Å². The van der Waals surface area contributed by atoms with Gasteiger partial charge in [0.1, 0.15) is 5.82 Å². The van der Waals surface area contributed by atoms with E-state index >= 15 is 0 Å². The summed E-state index contributed by atoms with van der Waals surface area (Å²) in [6.07, 6.45) is 0. The lowest BCUT2D eigenvalue weighted by Gasteiger charge is -2.07. The van der Waals surface area contributed by atoms with Gasteiger partial charge >= 0.3 is 5.97 Å². The molecule has 2 N–H and O–H groups in total. The van der Waals surface area contributed by atoms with E-state index in [2.05, 4.69) is 10.3 Å². The summed E-state index contributed by atoms with van der Waals surface area (Å²) in [5.74, 6) is -0.350. The Morgan fingerprint density at radius 3 is 2.50 bits per heavy atom. The van der Waals surface area contributed by atoms with Gasteiger partial charge in [-0.3, -0.25) is 0 Å². The van der Waals surface area contributed by atoms with Crippen LogP contribution in [0.25, 0.3) is 10.9 Å². The van der Waals surface area contributed by atoms with Crippen molar-refractivity contribution < 1.29 is 9.90 Å². The zero-order valence-electron chi connectivity index (χ0n) is 10.6. The molecule has 0 aliphatic rings. The average molecular weight is 264 g/mol. The van der Waals surface area contributed by atoms with E-state index in [0.29, 0.717) is 11.3 Å². The standard InChI is InChI=1S/C16H12N2O2/c19-16(20)13-8-4-5-11-9-10-14(18-15(11)13)17-12-6-2-1-3-7-12/h1-10H,(H,17,18)(H,19,20). The fourth-order valence-corrected chi connectivity index (χ4v) is 2.06. The number of anilines is 2. The predicted octanol–water partition coefficient (Wildman–Crippen LogP) is 3.68. The van der Waals surface area contributed by atoms with Crippen LogP contribution in [0, 0.1) is 0 Å². The monoisotopic (exact) mass is 264 g/mol. The van der Waals surface area contributed by atoms with Crippen molar-refractivity contribution in [2.75, 3.05) is 5.32 Å². The first kappa shape index (κ1) is 12.2. The predicted molar refractivity (Wildman–Crippen MR) is 78.4 cm³/mol. The number of hydrogen-bond acceptors (Lipinski definition) is 3. The molecule has 20 heavy (non-hydrogen) atoms. The number of rotatable bonds is 3. The smallest absolute Gasteiger partial charge is 0.337 e. The van der Waals surface area contributed by atoms with E-state index in [0.717, 1.165) is 11.1 Å². The molecule has 0 aliphatic carbocycles. The molecule has 0 radical (unpaired) electrons. The van der Waals surface area contributed by atoms with E-state index in [-0.39, 0.29) is 5.56 Å². The van der Waals surface area contributed by atoms with E-state index in [9.17, 15) is 9.90 Å². The number of carboxylic acid groups (broad SMARTS) is 1. The van der Waals surface area contributed by atoms with Crippen LogP contribution in [0.5, 0.6) is 0 Å². The molecule has 0 bridgehead atoms. The molecule has 1 heterocycles. The van der Waals surface area contributed by atoms with Crippen LogP contribution in [-0.4, -0.2) is 16.1 Å². The molecule has 3 rings (SSSR count). The highest BCUT2D eigenvalue weighted by Gasteiger charge is 2.09. The van der Waals surface area contributed by atoms with Crippen molar-refractivity contribution in [2.45, 2.75) is 0 Å². The second-order valence-corrected chi connectivity index (χ2v) is 4.37. The van der Waals surface area contributed by atoms with Crippen molar-refractivity contribution in [1.82, 2.24) is 4.98 Å². The fourth-order valence-electron chi connectivity index (χ4n) is 2.06. The van der Waals surface area contributed by atoms with Crippen molar-refractivity contribution in [3.05, 3.63) is 66.2 Å². The Hall–Kier alpha value is -2.88. The van der Waals surface area contributed by atoms with Gasteiger partial charge in [0, 0.05) is 11.1 Å². The summed E-state index contributed by atoms with van der Waals surface area (Å²) >= 11 is 0. The molecule has 4 heteroatoms. The van der Waals surface area contributed by atoms with Crippen LogP contribution in [0.1, 0.15) is 10.4 Å². The molecule has 0 spiro atoms. The first-order valence-electron chi connectivity index (χ1n) is 6.19. The number of nitrogens with one attached hydrogen (secondary N) is 1. The van der Waals surface area contributed by atoms with Crippen LogP contribution in [0.4, 0.5) is 11.5 Å². The summed E-state index contributed by atoms with van der Waals surface area (Å²) in [7, 11) is 0. The highest BCUT2D eigenvalue weighted by atomic mass is 16.4. The second-order valence-electron chi connectivity index (χ2n) is 4.37. The summed E-state index contributed by atoms with van der Waals surface area (Å²) in [6.45, 7) is 0. The summed E-state index contributed by atoms with van der Waals surface area (Å²) in [5, 5.41) is 13.2. The number of aromatic nitrogens is 1. The quantitative estimate of drug-likeness (QED) is 0.757. The van der Waals surface area contributed by atoms with Crippen molar-refractivity contribution in [1.29, 1.82) is 0 Å². The summed E-state index contributed by atoms with van der Waals surface area (Å²) in [5.41, 5.74) is 1.60. The lowest BCUT2D eigenvalue weighted by molar-refractivity contribution is 0.0699. The maximum Gasteiger partial charge on any atom is 0.337 e. The van der Waals surface area contributed by atoms with Crippen molar-refractivity contribution in [3.63, 3.8) is 0 Å². The molecular weight excluding hydrogens is 252 g/mol. The van der Waals surface area contributed by atoms with Crippen LogP contribution < -0.4 is 5.32 Å². The first-order chi connectivity index (χ1) is 9.74. The Morgan fingerprint density at radius 2 is 1.75 bits per heavy atom. The number of pyridine rings is 1. The molecule has 0 saturated heterocycles. The molecule has 3 aromatic rings. The third kappa shape index (κ3) is 2.31. The van der Waals surface area contributed by atoms with E-state index in [1.165, 1.54) is 0 Å². The Morgan fingerprint density at radius 1 is 0.950 bits per heavy atom. The van der Waals surface area contributed by atoms with Gasteiger partial charge in [-0.25, -0.2) is 9.78 Å². The molecule has 0 aliphatic heterocycles. The highest BCUT2D eigenvalue weighted by molar-refractivity contribution is 6.02. The normalized spacial score (nSPS) is 10.4. The number of benzene rings is 2. The number of fused-ring (bicyclic) bond motifs is 1. The minimum Gasteiger partial charge on any atom is -0.478 e. The largest absolute Gasteiger partial charge is 0.478 e. The molecule has 98 valence electrons. The minimum atomic E-state index is -0.972. The third-order valence-corrected chi connectivity index (χ3v) is 3.00. The van der Waals surface area contributed by atoms with Gasteiger partial charge in [-0.1, -0.05) is 30.3 Å². The molecular formula is C16H12N2O2. The van der Waals surface area contributed by atoms with E-state index in [1.54, 1.807) is 12.1 Å². The van der Waals surface area contributed by atoms with Crippen molar-refractivity contribution in [2.24, 2.45) is 0 Å². The summed E-state index contributed by atoms with van der Waals surface area (Å²) in [6, 6.07) is 18.5. The van der Waals surface area contributed by atoms with Gasteiger partial charge in [0.05, 0.1) is 11.1 Å². The van der Waals surface area contributed by atoms with Gasteiger partial charge in [0.15, 0.2) is 0 Å². The number of nitrogens with zero attached hydrogens (tertiary/aromatic N) is 1. The Bertz CT molecular complexity index is 770. The van der Waals surface area contributed by atoms with Crippen LogP contribution in [0.3, 0.4) is 0 Å². The zero-order chi connectivity index (χ0) is 13.9. The average Bonchev–Trinajstić information content (AvgIpc) is 2.47. The first-order valence-corrected chi connectivity index (χ1v) is 6.19. The van der Waals surface area contributed by atoms with Crippen LogP contribution in [0.2, 0.25) is 0 Å². The Balaban J connectivity index is 2.06. The van der Waals surface area contributed by atoms with Gasteiger partial charge in [0.25, 0.3) is 0 Å².